The van der Waals surface area contributed by atoms with Crippen molar-refractivity contribution in [1.29, 1.82) is 0 Å². The van der Waals surface area contributed by atoms with E-state index in [0.29, 0.717) is 22.1 Å². The zero-order chi connectivity index (χ0) is 22.0. The van der Waals surface area contributed by atoms with Gasteiger partial charge in [0.25, 0.3) is 5.91 Å². The molecule has 0 radical (unpaired) electrons. The number of rotatable bonds is 6. The van der Waals surface area contributed by atoms with Crippen LogP contribution in [0.3, 0.4) is 0 Å². The van der Waals surface area contributed by atoms with E-state index >= 15 is 0 Å². The number of pyridine rings is 1. The quantitative estimate of drug-likeness (QED) is 0.439. The van der Waals surface area contributed by atoms with Gasteiger partial charge >= 0.3 is 0 Å². The van der Waals surface area contributed by atoms with Gasteiger partial charge in [-0.15, -0.1) is 0 Å². The van der Waals surface area contributed by atoms with Gasteiger partial charge in [-0.25, -0.2) is 13.4 Å². The number of ether oxygens (including phenoxy) is 1. The van der Waals surface area contributed by atoms with Crippen molar-refractivity contribution < 1.29 is 17.9 Å². The lowest BCUT2D eigenvalue weighted by molar-refractivity contribution is 0.0981. The second-order valence-corrected chi connectivity index (χ2v) is 9.78. The Bertz CT molecular complexity index is 1350. The largest absolute Gasteiger partial charge is 0.494 e. The van der Waals surface area contributed by atoms with Crippen LogP contribution in [0.2, 0.25) is 0 Å². The summed E-state index contributed by atoms with van der Waals surface area (Å²) in [4.78, 5) is 24.0. The van der Waals surface area contributed by atoms with Crippen molar-refractivity contribution in [3.05, 3.63) is 78.1 Å². The van der Waals surface area contributed by atoms with Crippen molar-refractivity contribution in [3.8, 4) is 5.75 Å². The van der Waals surface area contributed by atoms with Gasteiger partial charge in [0.1, 0.15) is 11.3 Å². The summed E-state index contributed by atoms with van der Waals surface area (Å²) in [6.07, 6.45) is 2.73. The maximum atomic E-state index is 13.6. The fraction of sp³-hybridized carbons (Fsp3) is 0.136. The molecule has 1 amide bonds. The Balaban J connectivity index is 1.86. The number of benzene rings is 2. The number of para-hydroxylation sites is 1. The minimum absolute atomic E-state index is 0.0234. The first-order chi connectivity index (χ1) is 14.9. The van der Waals surface area contributed by atoms with Crippen molar-refractivity contribution in [3.63, 3.8) is 0 Å². The highest BCUT2D eigenvalue weighted by Crippen LogP contribution is 2.35. The topological polar surface area (TPSA) is 89.5 Å². The summed E-state index contributed by atoms with van der Waals surface area (Å²) < 4.78 is 30.8. The predicted molar refractivity (Wildman–Crippen MR) is 120 cm³/mol. The summed E-state index contributed by atoms with van der Waals surface area (Å²) in [6, 6.07) is 17.2. The van der Waals surface area contributed by atoms with Crippen molar-refractivity contribution in [2.24, 2.45) is 0 Å². The summed E-state index contributed by atoms with van der Waals surface area (Å²) in [5.41, 5.74) is 1.38. The number of hydrogen-bond acceptors (Lipinski definition) is 7. The Kier molecular flexibility index (Phi) is 5.71. The first-order valence-electron chi connectivity index (χ1n) is 9.33. The standard InChI is InChI=1S/C22H19N3O4S2/c1-29-17-10-7-11-18-20(17)24-22(30-18)25(14-15-8-5-6-13-23-15)21(26)16-9-3-4-12-19(16)31(2,27)28/h3-13H,14H2,1-2H3. The minimum atomic E-state index is -3.60. The van der Waals surface area contributed by atoms with E-state index in [-0.39, 0.29) is 17.0 Å². The number of amides is 1. The summed E-state index contributed by atoms with van der Waals surface area (Å²) in [6.45, 7) is 0.139. The lowest BCUT2D eigenvalue weighted by Gasteiger charge is -2.20. The number of carbonyl (C=O) groups excluding carboxylic acids is 1. The maximum absolute atomic E-state index is 13.6. The van der Waals surface area contributed by atoms with Crippen molar-refractivity contribution in [2.45, 2.75) is 11.4 Å². The molecule has 0 atom stereocenters. The number of anilines is 1. The Hall–Kier alpha value is -3.30. The Labute approximate surface area is 183 Å². The second kappa shape index (κ2) is 8.44. The lowest BCUT2D eigenvalue weighted by atomic mass is 10.2. The molecule has 0 bridgehead atoms. The molecule has 0 aliphatic carbocycles. The average molecular weight is 454 g/mol. The molecule has 0 spiro atoms. The van der Waals surface area contributed by atoms with Crippen LogP contribution in [-0.2, 0) is 16.4 Å². The number of hydrogen-bond donors (Lipinski definition) is 0. The van der Waals surface area contributed by atoms with Crippen LogP contribution < -0.4 is 9.64 Å². The minimum Gasteiger partial charge on any atom is -0.494 e. The summed E-state index contributed by atoms with van der Waals surface area (Å²) in [5.74, 6) is 0.131. The van der Waals surface area contributed by atoms with Gasteiger partial charge in [-0.3, -0.25) is 14.7 Å². The molecule has 0 aliphatic heterocycles. The van der Waals surface area contributed by atoms with Gasteiger partial charge in [-0.2, -0.15) is 0 Å². The number of methoxy groups -OCH3 is 1. The summed E-state index contributed by atoms with van der Waals surface area (Å²) in [7, 11) is -2.04. The molecule has 4 aromatic rings. The molecular formula is C22H19N3O4S2. The summed E-state index contributed by atoms with van der Waals surface area (Å²) in [5, 5.41) is 0.429. The number of thiazole rings is 1. The van der Waals surface area contributed by atoms with Crippen molar-refractivity contribution >= 4 is 42.4 Å². The van der Waals surface area contributed by atoms with E-state index in [1.165, 1.54) is 28.4 Å². The van der Waals surface area contributed by atoms with Gasteiger partial charge in [0.2, 0.25) is 0 Å². The highest BCUT2D eigenvalue weighted by Gasteiger charge is 2.27. The van der Waals surface area contributed by atoms with Crippen LogP contribution in [0, 0.1) is 0 Å². The molecule has 0 N–H and O–H groups in total. The van der Waals surface area contributed by atoms with Gasteiger partial charge in [0.05, 0.1) is 34.5 Å². The smallest absolute Gasteiger partial charge is 0.261 e. The fourth-order valence-corrected chi connectivity index (χ4v) is 5.05. The monoisotopic (exact) mass is 453 g/mol. The Morgan fingerprint density at radius 2 is 1.84 bits per heavy atom. The SMILES string of the molecule is COc1cccc2sc(N(Cc3ccccn3)C(=O)c3ccccc3S(C)(=O)=O)nc12. The molecule has 0 saturated carbocycles. The molecule has 2 aromatic carbocycles. The molecule has 31 heavy (non-hydrogen) atoms. The van der Waals surface area contributed by atoms with E-state index in [0.717, 1.165) is 11.0 Å². The predicted octanol–water partition coefficient (Wildman–Crippen LogP) is 3.95. The molecule has 158 valence electrons. The molecule has 4 rings (SSSR count). The molecule has 2 heterocycles. The van der Waals surface area contributed by atoms with Crippen LogP contribution in [0.1, 0.15) is 16.1 Å². The molecule has 0 fully saturated rings. The third kappa shape index (κ3) is 4.28. The highest BCUT2D eigenvalue weighted by molar-refractivity contribution is 7.90. The third-order valence-corrected chi connectivity index (χ3v) is 6.83. The van der Waals surface area contributed by atoms with Crippen LogP contribution in [0.5, 0.6) is 5.75 Å². The number of fused-ring (bicyclic) bond motifs is 1. The van der Waals surface area contributed by atoms with E-state index in [9.17, 15) is 13.2 Å². The zero-order valence-corrected chi connectivity index (χ0v) is 18.5. The van der Waals surface area contributed by atoms with E-state index in [1.807, 2.05) is 18.2 Å². The molecule has 0 unspecified atom stereocenters. The van der Waals surface area contributed by atoms with Crippen LogP contribution in [0.25, 0.3) is 10.2 Å². The van der Waals surface area contributed by atoms with Gasteiger partial charge < -0.3 is 4.74 Å². The van der Waals surface area contributed by atoms with Crippen LogP contribution in [-0.4, -0.2) is 37.7 Å². The lowest BCUT2D eigenvalue weighted by Crippen LogP contribution is -2.31. The van der Waals surface area contributed by atoms with Crippen LogP contribution in [0.4, 0.5) is 5.13 Å². The summed E-state index contributed by atoms with van der Waals surface area (Å²) >= 11 is 1.33. The molecular weight excluding hydrogens is 434 g/mol. The van der Waals surface area contributed by atoms with E-state index < -0.39 is 15.7 Å². The van der Waals surface area contributed by atoms with Gasteiger partial charge in [0.15, 0.2) is 15.0 Å². The van der Waals surface area contributed by atoms with Gasteiger partial charge in [-0.1, -0.05) is 35.6 Å². The molecule has 0 aliphatic rings. The van der Waals surface area contributed by atoms with Crippen LogP contribution >= 0.6 is 11.3 Å². The van der Waals surface area contributed by atoms with E-state index in [2.05, 4.69) is 9.97 Å². The Morgan fingerprint density at radius 3 is 2.55 bits per heavy atom. The first kappa shape index (κ1) is 21.0. The molecule has 2 aromatic heterocycles. The van der Waals surface area contributed by atoms with Gasteiger partial charge in [0, 0.05) is 12.5 Å². The zero-order valence-electron chi connectivity index (χ0n) is 16.8. The first-order valence-corrected chi connectivity index (χ1v) is 12.0. The normalized spacial score (nSPS) is 11.4. The fourth-order valence-electron chi connectivity index (χ4n) is 3.18. The van der Waals surface area contributed by atoms with E-state index in [1.54, 1.807) is 43.6 Å². The number of sulfone groups is 1. The number of nitrogens with zero attached hydrogens (tertiary/aromatic N) is 3. The highest BCUT2D eigenvalue weighted by atomic mass is 32.2. The van der Waals surface area contributed by atoms with Crippen molar-refractivity contribution in [2.75, 3.05) is 18.3 Å². The average Bonchev–Trinajstić information content (AvgIpc) is 3.21. The third-order valence-electron chi connectivity index (χ3n) is 4.63. The molecule has 9 heteroatoms. The van der Waals surface area contributed by atoms with Crippen molar-refractivity contribution in [1.82, 2.24) is 9.97 Å². The number of aromatic nitrogens is 2. The molecule has 7 nitrogen and oxygen atoms in total. The number of carbonyl (C=O) groups is 1. The molecule has 0 saturated heterocycles. The maximum Gasteiger partial charge on any atom is 0.261 e. The van der Waals surface area contributed by atoms with Crippen LogP contribution in [0.15, 0.2) is 71.8 Å². The van der Waals surface area contributed by atoms with E-state index in [4.69, 9.17) is 4.74 Å². The second-order valence-electron chi connectivity index (χ2n) is 6.78. The van der Waals surface area contributed by atoms with Gasteiger partial charge in [-0.05, 0) is 36.4 Å². The Morgan fingerprint density at radius 1 is 1.06 bits per heavy atom.